The van der Waals surface area contributed by atoms with Gasteiger partial charge >= 0.3 is 5.97 Å². The fourth-order valence-electron chi connectivity index (χ4n) is 3.90. The highest BCUT2D eigenvalue weighted by Crippen LogP contribution is 2.46. The van der Waals surface area contributed by atoms with Gasteiger partial charge in [-0.05, 0) is 42.7 Å². The van der Waals surface area contributed by atoms with Crippen LogP contribution in [0.25, 0.3) is 0 Å². The summed E-state index contributed by atoms with van der Waals surface area (Å²) in [5.41, 5.74) is 1.83. The third-order valence-electron chi connectivity index (χ3n) is 5.13. The molecule has 0 amide bonds. The third kappa shape index (κ3) is 3.82. The predicted molar refractivity (Wildman–Crippen MR) is 109 cm³/mol. The number of hydrogen-bond donors (Lipinski definition) is 1. The Balaban J connectivity index is 2.20. The van der Waals surface area contributed by atoms with Crippen LogP contribution in [0.4, 0.5) is 0 Å². The topological polar surface area (TPSA) is 68.2 Å². The number of halogens is 1. The minimum absolute atomic E-state index is 0.286. The lowest BCUT2D eigenvalue weighted by atomic mass is 9.94. The molecule has 3 rings (SSSR count). The van der Waals surface area contributed by atoms with Crippen molar-refractivity contribution in [1.29, 1.82) is 0 Å². The molecule has 150 valence electrons. The maximum absolute atomic E-state index is 11.9. The zero-order valence-electron chi connectivity index (χ0n) is 16.1. The van der Waals surface area contributed by atoms with E-state index in [-0.39, 0.29) is 6.04 Å². The summed E-state index contributed by atoms with van der Waals surface area (Å²) in [7, 11) is 4.72. The zero-order valence-corrected chi connectivity index (χ0v) is 17.7. The first-order chi connectivity index (χ1) is 13.5. The molecule has 2 aromatic carbocycles. The Morgan fingerprint density at radius 2 is 1.75 bits per heavy atom. The predicted octanol–water partition coefficient (Wildman–Crippen LogP) is 4.11. The number of ether oxygens (including phenoxy) is 3. The van der Waals surface area contributed by atoms with E-state index in [9.17, 15) is 9.90 Å². The van der Waals surface area contributed by atoms with Crippen molar-refractivity contribution >= 4 is 21.9 Å². The third-order valence-corrected chi connectivity index (χ3v) is 5.65. The minimum atomic E-state index is -0.806. The van der Waals surface area contributed by atoms with Gasteiger partial charge in [0.1, 0.15) is 6.04 Å². The van der Waals surface area contributed by atoms with Gasteiger partial charge in [0.05, 0.1) is 27.4 Å². The summed E-state index contributed by atoms with van der Waals surface area (Å²) in [6.07, 6.45) is 1.46. The summed E-state index contributed by atoms with van der Waals surface area (Å²) in [6, 6.07) is 10.8. The number of rotatable bonds is 7. The first-order valence-electron chi connectivity index (χ1n) is 9.04. The minimum Gasteiger partial charge on any atom is -0.493 e. The molecule has 0 aliphatic carbocycles. The van der Waals surface area contributed by atoms with E-state index in [1.54, 1.807) is 21.3 Å². The molecule has 2 unspecified atom stereocenters. The molecule has 1 aliphatic heterocycles. The first-order valence-corrected chi connectivity index (χ1v) is 9.84. The maximum Gasteiger partial charge on any atom is 0.320 e. The van der Waals surface area contributed by atoms with E-state index in [0.29, 0.717) is 30.2 Å². The Labute approximate surface area is 173 Å². The second-order valence-electron chi connectivity index (χ2n) is 6.61. The van der Waals surface area contributed by atoms with Crippen LogP contribution in [0.2, 0.25) is 0 Å². The molecule has 1 saturated heterocycles. The van der Waals surface area contributed by atoms with Gasteiger partial charge < -0.3 is 19.3 Å². The number of carboxylic acid groups (broad SMARTS) is 1. The lowest BCUT2D eigenvalue weighted by Gasteiger charge is -2.33. The maximum atomic E-state index is 11.9. The first kappa shape index (κ1) is 20.5. The number of benzene rings is 2. The molecule has 0 radical (unpaired) electrons. The van der Waals surface area contributed by atoms with E-state index in [4.69, 9.17) is 14.2 Å². The van der Waals surface area contributed by atoms with Crippen LogP contribution in [0.5, 0.6) is 17.2 Å². The molecule has 1 fully saturated rings. The van der Waals surface area contributed by atoms with Crippen molar-refractivity contribution in [2.75, 3.05) is 27.9 Å². The van der Waals surface area contributed by atoms with Gasteiger partial charge in [0.25, 0.3) is 0 Å². The van der Waals surface area contributed by atoms with Crippen LogP contribution < -0.4 is 14.2 Å². The highest BCUT2D eigenvalue weighted by atomic mass is 79.9. The summed E-state index contributed by atoms with van der Waals surface area (Å²) in [5, 5.41) is 9.75. The van der Waals surface area contributed by atoms with Crippen LogP contribution in [0.1, 0.15) is 30.0 Å². The molecule has 0 saturated carbocycles. The average molecular weight is 450 g/mol. The normalized spacial score (nSPS) is 17.9. The quantitative estimate of drug-likeness (QED) is 0.685. The Hall–Kier alpha value is -2.25. The van der Waals surface area contributed by atoms with Crippen molar-refractivity contribution < 1.29 is 24.1 Å². The standard InChI is InChI=1S/C21H24BrNO5/c1-26-17-11-10-15(19(27-2)20(17)28-3)18(13-6-8-14(22)9-7-13)23-12-4-5-16(23)21(24)25/h6-11,16,18H,4-5,12H2,1-3H3,(H,24,25). The lowest BCUT2D eigenvalue weighted by Crippen LogP contribution is -2.39. The lowest BCUT2D eigenvalue weighted by molar-refractivity contribution is -0.142. The summed E-state index contributed by atoms with van der Waals surface area (Å²) in [4.78, 5) is 13.9. The molecule has 6 nitrogen and oxygen atoms in total. The smallest absolute Gasteiger partial charge is 0.320 e. The van der Waals surface area contributed by atoms with Gasteiger partial charge in [-0.1, -0.05) is 28.1 Å². The van der Waals surface area contributed by atoms with Crippen molar-refractivity contribution in [1.82, 2.24) is 4.90 Å². The van der Waals surface area contributed by atoms with Gasteiger partial charge in [-0.2, -0.15) is 0 Å². The molecule has 0 bridgehead atoms. The van der Waals surface area contributed by atoms with E-state index in [1.165, 1.54) is 0 Å². The molecule has 1 aliphatic rings. The molecule has 0 aromatic heterocycles. The number of likely N-dealkylation sites (tertiary alicyclic amines) is 1. The van der Waals surface area contributed by atoms with Gasteiger partial charge in [0, 0.05) is 16.6 Å². The molecular weight excluding hydrogens is 426 g/mol. The average Bonchev–Trinajstić information content (AvgIpc) is 3.18. The number of aliphatic carboxylic acids is 1. The summed E-state index contributed by atoms with van der Waals surface area (Å²) < 4.78 is 17.6. The van der Waals surface area contributed by atoms with Crippen molar-refractivity contribution in [2.45, 2.75) is 24.9 Å². The van der Waals surface area contributed by atoms with Gasteiger partial charge in [-0.25, -0.2) is 0 Å². The molecule has 28 heavy (non-hydrogen) atoms. The zero-order chi connectivity index (χ0) is 20.3. The Morgan fingerprint density at radius 3 is 2.32 bits per heavy atom. The van der Waals surface area contributed by atoms with E-state index in [1.807, 2.05) is 41.3 Å². The SMILES string of the molecule is COc1ccc(C(c2ccc(Br)cc2)N2CCCC2C(=O)O)c(OC)c1OC. The Morgan fingerprint density at radius 1 is 1.07 bits per heavy atom. The van der Waals surface area contributed by atoms with Crippen molar-refractivity contribution in [3.63, 3.8) is 0 Å². The van der Waals surface area contributed by atoms with Crippen LogP contribution >= 0.6 is 15.9 Å². The number of carboxylic acids is 1. The van der Waals surface area contributed by atoms with Crippen LogP contribution in [-0.4, -0.2) is 49.9 Å². The van der Waals surface area contributed by atoms with Gasteiger partial charge in [0.15, 0.2) is 11.5 Å². The fraction of sp³-hybridized carbons (Fsp3) is 0.381. The largest absolute Gasteiger partial charge is 0.493 e. The highest BCUT2D eigenvalue weighted by Gasteiger charge is 2.38. The van der Waals surface area contributed by atoms with Crippen molar-refractivity contribution in [3.8, 4) is 17.2 Å². The van der Waals surface area contributed by atoms with Gasteiger partial charge in [-0.3, -0.25) is 9.69 Å². The van der Waals surface area contributed by atoms with Crippen molar-refractivity contribution in [3.05, 3.63) is 52.0 Å². The molecule has 2 atom stereocenters. The van der Waals surface area contributed by atoms with Crippen LogP contribution in [0, 0.1) is 0 Å². The summed E-state index contributed by atoms with van der Waals surface area (Å²) in [6.45, 7) is 0.690. The van der Waals surface area contributed by atoms with Gasteiger partial charge in [0.2, 0.25) is 5.75 Å². The number of hydrogen-bond acceptors (Lipinski definition) is 5. The second kappa shape index (κ2) is 8.84. The number of carbonyl (C=O) groups is 1. The van der Waals surface area contributed by atoms with Crippen LogP contribution in [-0.2, 0) is 4.79 Å². The second-order valence-corrected chi connectivity index (χ2v) is 7.53. The number of methoxy groups -OCH3 is 3. The monoisotopic (exact) mass is 449 g/mol. The van der Waals surface area contributed by atoms with E-state index in [2.05, 4.69) is 15.9 Å². The van der Waals surface area contributed by atoms with Crippen LogP contribution in [0.15, 0.2) is 40.9 Å². The fourth-order valence-corrected chi connectivity index (χ4v) is 4.16. The molecular formula is C21H24BrNO5. The van der Waals surface area contributed by atoms with Gasteiger partial charge in [-0.15, -0.1) is 0 Å². The molecule has 2 aromatic rings. The molecule has 7 heteroatoms. The number of nitrogens with zero attached hydrogens (tertiary/aromatic N) is 1. The summed E-state index contributed by atoms with van der Waals surface area (Å²) in [5.74, 6) is 0.800. The Bertz CT molecular complexity index is 839. The van der Waals surface area contributed by atoms with E-state index in [0.717, 1.165) is 22.0 Å². The Kier molecular flexibility index (Phi) is 6.46. The molecule has 1 N–H and O–H groups in total. The van der Waals surface area contributed by atoms with E-state index < -0.39 is 12.0 Å². The van der Waals surface area contributed by atoms with Crippen molar-refractivity contribution in [2.24, 2.45) is 0 Å². The highest BCUT2D eigenvalue weighted by molar-refractivity contribution is 9.10. The van der Waals surface area contributed by atoms with Crippen LogP contribution in [0.3, 0.4) is 0 Å². The summed E-state index contributed by atoms with van der Waals surface area (Å²) >= 11 is 3.47. The molecule has 0 spiro atoms. The molecule has 1 heterocycles. The van der Waals surface area contributed by atoms with E-state index >= 15 is 0 Å².